The Bertz CT molecular complexity index is 101. The van der Waals surface area contributed by atoms with Gasteiger partial charge in [0, 0.05) is 26.4 Å². The molecule has 0 aliphatic heterocycles. The normalized spacial score (nSPS) is 15.4. The average molecular weight is 202 g/mol. The molecule has 0 aliphatic rings. The maximum atomic E-state index is 5.38. The van der Waals surface area contributed by atoms with Crippen LogP contribution in [-0.4, -0.2) is 26.4 Å². The van der Waals surface area contributed by atoms with Gasteiger partial charge in [-0.3, -0.25) is 0 Å². The van der Waals surface area contributed by atoms with Gasteiger partial charge in [-0.05, 0) is 38.5 Å². The summed E-state index contributed by atoms with van der Waals surface area (Å²) in [5, 5.41) is 0. The first-order chi connectivity index (χ1) is 6.70. The maximum absolute atomic E-state index is 5.38. The van der Waals surface area contributed by atoms with Crippen LogP contribution in [0.2, 0.25) is 0 Å². The summed E-state index contributed by atoms with van der Waals surface area (Å²) in [5.41, 5.74) is 0. The van der Waals surface area contributed by atoms with Crippen LogP contribution in [0.25, 0.3) is 0 Å². The Hall–Kier alpha value is -0.0800. The smallest absolute Gasteiger partial charge is 0.0491 e. The van der Waals surface area contributed by atoms with Crippen molar-refractivity contribution in [3.8, 4) is 0 Å². The van der Waals surface area contributed by atoms with E-state index in [0.717, 1.165) is 26.4 Å². The van der Waals surface area contributed by atoms with Gasteiger partial charge in [-0.25, -0.2) is 0 Å². The third-order valence-electron chi connectivity index (χ3n) is 2.37. The Morgan fingerprint density at radius 3 is 1.43 bits per heavy atom. The zero-order chi connectivity index (χ0) is 10.8. The SMILES string of the molecule is CCOCC(C)CCC(C)COCC. The summed E-state index contributed by atoms with van der Waals surface area (Å²) >= 11 is 0. The van der Waals surface area contributed by atoms with Crippen LogP contribution in [0.5, 0.6) is 0 Å². The lowest BCUT2D eigenvalue weighted by Gasteiger charge is -2.15. The Morgan fingerprint density at radius 1 is 0.786 bits per heavy atom. The van der Waals surface area contributed by atoms with Gasteiger partial charge < -0.3 is 9.47 Å². The highest BCUT2D eigenvalue weighted by Crippen LogP contribution is 2.13. The van der Waals surface area contributed by atoms with E-state index in [9.17, 15) is 0 Å². The van der Waals surface area contributed by atoms with Gasteiger partial charge in [0.05, 0.1) is 0 Å². The summed E-state index contributed by atoms with van der Waals surface area (Å²) in [4.78, 5) is 0. The molecule has 2 nitrogen and oxygen atoms in total. The summed E-state index contributed by atoms with van der Waals surface area (Å²) in [6, 6.07) is 0. The van der Waals surface area contributed by atoms with Gasteiger partial charge in [0.15, 0.2) is 0 Å². The lowest BCUT2D eigenvalue weighted by atomic mass is 9.99. The molecular formula is C12H26O2. The predicted molar refractivity (Wildman–Crippen MR) is 60.5 cm³/mol. The highest BCUT2D eigenvalue weighted by molar-refractivity contribution is 4.57. The molecule has 0 bridgehead atoms. The molecule has 2 heteroatoms. The molecule has 0 radical (unpaired) electrons. The van der Waals surface area contributed by atoms with Crippen molar-refractivity contribution in [1.29, 1.82) is 0 Å². The van der Waals surface area contributed by atoms with Crippen molar-refractivity contribution in [1.82, 2.24) is 0 Å². The lowest BCUT2D eigenvalue weighted by Crippen LogP contribution is -2.10. The van der Waals surface area contributed by atoms with Crippen molar-refractivity contribution >= 4 is 0 Å². The summed E-state index contributed by atoms with van der Waals surface area (Å²) in [7, 11) is 0. The standard InChI is InChI=1S/C12H26O2/c1-5-13-9-11(3)7-8-12(4)10-14-6-2/h11-12H,5-10H2,1-4H3. The molecule has 2 unspecified atom stereocenters. The largest absolute Gasteiger partial charge is 0.381 e. The average Bonchev–Trinajstić information content (AvgIpc) is 2.20. The van der Waals surface area contributed by atoms with Gasteiger partial charge in [0.25, 0.3) is 0 Å². The number of hydrogen-bond acceptors (Lipinski definition) is 2. The van der Waals surface area contributed by atoms with E-state index in [0.29, 0.717) is 11.8 Å². The molecule has 0 saturated carbocycles. The third-order valence-corrected chi connectivity index (χ3v) is 2.37. The highest BCUT2D eigenvalue weighted by atomic mass is 16.5. The molecule has 0 amide bonds. The van der Waals surface area contributed by atoms with Gasteiger partial charge in [-0.1, -0.05) is 13.8 Å². The first-order valence-corrected chi connectivity index (χ1v) is 5.86. The quantitative estimate of drug-likeness (QED) is 0.572. The van der Waals surface area contributed by atoms with Gasteiger partial charge in [0.2, 0.25) is 0 Å². The Kier molecular flexibility index (Phi) is 9.42. The highest BCUT2D eigenvalue weighted by Gasteiger charge is 2.06. The van der Waals surface area contributed by atoms with E-state index in [4.69, 9.17) is 9.47 Å². The summed E-state index contributed by atoms with van der Waals surface area (Å²) in [6.45, 7) is 12.1. The second kappa shape index (κ2) is 9.47. The van der Waals surface area contributed by atoms with E-state index in [1.165, 1.54) is 12.8 Å². The molecular weight excluding hydrogens is 176 g/mol. The lowest BCUT2D eigenvalue weighted by molar-refractivity contribution is 0.0950. The number of hydrogen-bond donors (Lipinski definition) is 0. The van der Waals surface area contributed by atoms with Crippen LogP contribution in [0.15, 0.2) is 0 Å². The molecule has 0 aliphatic carbocycles. The topological polar surface area (TPSA) is 18.5 Å². The van der Waals surface area contributed by atoms with Gasteiger partial charge in [-0.15, -0.1) is 0 Å². The fraction of sp³-hybridized carbons (Fsp3) is 1.00. The summed E-state index contributed by atoms with van der Waals surface area (Å²) in [6.07, 6.45) is 2.49. The maximum Gasteiger partial charge on any atom is 0.0491 e. The Morgan fingerprint density at radius 2 is 1.14 bits per heavy atom. The number of rotatable bonds is 9. The van der Waals surface area contributed by atoms with E-state index >= 15 is 0 Å². The molecule has 14 heavy (non-hydrogen) atoms. The first-order valence-electron chi connectivity index (χ1n) is 5.86. The Labute approximate surface area is 89.0 Å². The van der Waals surface area contributed by atoms with E-state index in [2.05, 4.69) is 13.8 Å². The van der Waals surface area contributed by atoms with Crippen LogP contribution in [0.4, 0.5) is 0 Å². The summed E-state index contributed by atoms with van der Waals surface area (Å²) < 4.78 is 10.8. The minimum absolute atomic E-state index is 0.680. The molecule has 0 aromatic carbocycles. The van der Waals surface area contributed by atoms with Crippen LogP contribution < -0.4 is 0 Å². The first kappa shape index (κ1) is 13.9. The fourth-order valence-corrected chi connectivity index (χ4v) is 1.37. The molecule has 0 rings (SSSR count). The van der Waals surface area contributed by atoms with Gasteiger partial charge in [-0.2, -0.15) is 0 Å². The second-order valence-corrected chi connectivity index (χ2v) is 4.11. The zero-order valence-corrected chi connectivity index (χ0v) is 10.2. The number of ether oxygens (including phenoxy) is 2. The molecule has 0 aromatic heterocycles. The van der Waals surface area contributed by atoms with Crippen LogP contribution in [0.3, 0.4) is 0 Å². The second-order valence-electron chi connectivity index (χ2n) is 4.11. The molecule has 2 atom stereocenters. The molecule has 0 fully saturated rings. The monoisotopic (exact) mass is 202 g/mol. The molecule has 0 N–H and O–H groups in total. The minimum atomic E-state index is 0.680. The van der Waals surface area contributed by atoms with Crippen molar-refractivity contribution in [3.63, 3.8) is 0 Å². The minimum Gasteiger partial charge on any atom is -0.381 e. The van der Waals surface area contributed by atoms with Crippen molar-refractivity contribution in [3.05, 3.63) is 0 Å². The molecule has 0 spiro atoms. The molecule has 0 saturated heterocycles. The van der Waals surface area contributed by atoms with Crippen molar-refractivity contribution in [2.45, 2.75) is 40.5 Å². The van der Waals surface area contributed by atoms with E-state index in [1.807, 2.05) is 13.8 Å². The fourth-order valence-electron chi connectivity index (χ4n) is 1.37. The third kappa shape index (κ3) is 8.52. The summed E-state index contributed by atoms with van der Waals surface area (Å²) in [5.74, 6) is 1.36. The van der Waals surface area contributed by atoms with E-state index in [-0.39, 0.29) is 0 Å². The van der Waals surface area contributed by atoms with E-state index in [1.54, 1.807) is 0 Å². The van der Waals surface area contributed by atoms with Crippen LogP contribution in [0.1, 0.15) is 40.5 Å². The molecule has 0 aromatic rings. The zero-order valence-electron chi connectivity index (χ0n) is 10.2. The molecule has 0 heterocycles. The van der Waals surface area contributed by atoms with Crippen LogP contribution in [0, 0.1) is 11.8 Å². The van der Waals surface area contributed by atoms with Crippen molar-refractivity contribution in [2.75, 3.05) is 26.4 Å². The van der Waals surface area contributed by atoms with Crippen LogP contribution in [-0.2, 0) is 9.47 Å². The van der Waals surface area contributed by atoms with Gasteiger partial charge in [0.1, 0.15) is 0 Å². The predicted octanol–water partition coefficient (Wildman–Crippen LogP) is 3.11. The van der Waals surface area contributed by atoms with Crippen LogP contribution >= 0.6 is 0 Å². The Balaban J connectivity index is 3.31. The van der Waals surface area contributed by atoms with E-state index < -0.39 is 0 Å². The van der Waals surface area contributed by atoms with Crippen molar-refractivity contribution in [2.24, 2.45) is 11.8 Å². The molecule has 86 valence electrons. The van der Waals surface area contributed by atoms with Gasteiger partial charge >= 0.3 is 0 Å². The van der Waals surface area contributed by atoms with Crippen molar-refractivity contribution < 1.29 is 9.47 Å².